The lowest BCUT2D eigenvalue weighted by molar-refractivity contribution is -0.133. The predicted octanol–water partition coefficient (Wildman–Crippen LogP) is 4.18. The predicted molar refractivity (Wildman–Crippen MR) is 81.6 cm³/mol. The van der Waals surface area contributed by atoms with Gasteiger partial charge in [0.2, 0.25) is 0 Å². The molecule has 0 saturated carbocycles. The monoisotopic (exact) mass is 280 g/mol. The molecule has 0 spiro atoms. The number of carbonyl (C=O) groups excluding carboxylic acids is 1. The van der Waals surface area contributed by atoms with Gasteiger partial charge >= 0.3 is 0 Å². The van der Waals surface area contributed by atoms with E-state index in [0.29, 0.717) is 13.0 Å². The third-order valence-corrected chi connectivity index (χ3v) is 3.35. The highest BCUT2D eigenvalue weighted by molar-refractivity contribution is 5.93. The zero-order valence-electron chi connectivity index (χ0n) is 13.3. The molecule has 1 aliphatic heterocycles. The van der Waals surface area contributed by atoms with Gasteiger partial charge in [-0.15, -0.1) is 0 Å². The Kier molecular flexibility index (Phi) is 7.17. The molecule has 0 radical (unpaired) electrons. The minimum absolute atomic E-state index is 0.108. The molecule has 1 rings (SSSR count). The Labute approximate surface area is 123 Å². The number of ketones is 1. The summed E-state index contributed by atoms with van der Waals surface area (Å²) < 4.78 is 11.2. The summed E-state index contributed by atoms with van der Waals surface area (Å²) in [5.41, 5.74) is 0.808. The first-order valence-electron chi connectivity index (χ1n) is 7.63. The Bertz CT molecular complexity index is 366. The van der Waals surface area contributed by atoms with Crippen LogP contribution in [0.5, 0.6) is 0 Å². The van der Waals surface area contributed by atoms with Crippen LogP contribution in [0.1, 0.15) is 59.8 Å². The van der Waals surface area contributed by atoms with Crippen molar-refractivity contribution in [2.24, 2.45) is 0 Å². The molecule has 0 aromatic heterocycles. The number of hydrogen-bond donors (Lipinski definition) is 0. The number of hydrogen-bond acceptors (Lipinski definition) is 3. The molecule has 0 amide bonds. The van der Waals surface area contributed by atoms with Crippen molar-refractivity contribution in [1.29, 1.82) is 0 Å². The van der Waals surface area contributed by atoms with Gasteiger partial charge in [-0.05, 0) is 51.7 Å². The van der Waals surface area contributed by atoms with E-state index >= 15 is 0 Å². The topological polar surface area (TPSA) is 35.5 Å². The summed E-state index contributed by atoms with van der Waals surface area (Å²) >= 11 is 0. The molecule has 0 unspecified atom stereocenters. The lowest BCUT2D eigenvalue weighted by Gasteiger charge is -2.16. The van der Waals surface area contributed by atoms with Crippen LogP contribution in [0.4, 0.5) is 0 Å². The van der Waals surface area contributed by atoms with E-state index in [2.05, 4.69) is 19.1 Å². The second-order valence-electron chi connectivity index (χ2n) is 5.79. The van der Waals surface area contributed by atoms with Crippen LogP contribution < -0.4 is 0 Å². The van der Waals surface area contributed by atoms with Crippen LogP contribution in [0.3, 0.4) is 0 Å². The summed E-state index contributed by atoms with van der Waals surface area (Å²) in [5.74, 6) is -0.435. The number of rotatable bonds is 8. The second-order valence-corrected chi connectivity index (χ2v) is 5.79. The molecule has 3 nitrogen and oxygen atoms in total. The van der Waals surface area contributed by atoms with Crippen molar-refractivity contribution < 1.29 is 14.3 Å². The highest BCUT2D eigenvalue weighted by atomic mass is 16.7. The molecule has 1 heterocycles. The summed E-state index contributed by atoms with van der Waals surface area (Å²) in [6, 6.07) is 0. The summed E-state index contributed by atoms with van der Waals surface area (Å²) in [7, 11) is 0. The summed E-state index contributed by atoms with van der Waals surface area (Å²) in [6.07, 6.45) is 11.6. The minimum Gasteiger partial charge on any atom is -0.347 e. The van der Waals surface area contributed by atoms with Gasteiger partial charge in [0.05, 0.1) is 6.61 Å². The molecule has 1 fully saturated rings. The van der Waals surface area contributed by atoms with E-state index in [-0.39, 0.29) is 11.9 Å². The van der Waals surface area contributed by atoms with Gasteiger partial charge in [0.25, 0.3) is 0 Å². The van der Waals surface area contributed by atoms with Crippen LogP contribution in [0.15, 0.2) is 23.8 Å². The zero-order valence-corrected chi connectivity index (χ0v) is 13.3. The van der Waals surface area contributed by atoms with Crippen molar-refractivity contribution in [1.82, 2.24) is 0 Å². The molecule has 3 heteroatoms. The number of allylic oxidation sites excluding steroid dienone is 3. The van der Waals surface area contributed by atoms with Crippen LogP contribution in [0, 0.1) is 0 Å². The summed E-state index contributed by atoms with van der Waals surface area (Å²) in [6.45, 7) is 8.11. The van der Waals surface area contributed by atoms with Gasteiger partial charge in [0.1, 0.15) is 6.10 Å². The Morgan fingerprint density at radius 3 is 2.60 bits per heavy atom. The molecule has 0 aliphatic carbocycles. The maximum absolute atomic E-state index is 11.7. The van der Waals surface area contributed by atoms with Gasteiger partial charge in [0, 0.05) is 0 Å². The first-order valence-corrected chi connectivity index (χ1v) is 7.63. The SMILES string of the molecule is CCCCC/C=C\C/C(=C/[C@H]1COC(C)(C)O1)C(C)=O. The quantitative estimate of drug-likeness (QED) is 0.380. The Morgan fingerprint density at radius 2 is 2.05 bits per heavy atom. The van der Waals surface area contributed by atoms with Gasteiger partial charge in [-0.3, -0.25) is 4.79 Å². The van der Waals surface area contributed by atoms with E-state index in [1.165, 1.54) is 19.3 Å². The van der Waals surface area contributed by atoms with E-state index in [1.807, 2.05) is 19.9 Å². The molecular weight excluding hydrogens is 252 g/mol. The van der Waals surface area contributed by atoms with Crippen molar-refractivity contribution in [3.63, 3.8) is 0 Å². The molecule has 1 atom stereocenters. The molecule has 1 saturated heterocycles. The average Bonchev–Trinajstić information content (AvgIpc) is 2.71. The highest BCUT2D eigenvalue weighted by Crippen LogP contribution is 2.24. The second kappa shape index (κ2) is 8.38. The maximum atomic E-state index is 11.7. The molecule has 114 valence electrons. The van der Waals surface area contributed by atoms with Gasteiger partial charge in [-0.25, -0.2) is 0 Å². The van der Waals surface area contributed by atoms with Crippen molar-refractivity contribution in [2.75, 3.05) is 6.61 Å². The smallest absolute Gasteiger partial charge is 0.163 e. The number of carbonyl (C=O) groups is 1. The van der Waals surface area contributed by atoms with Crippen molar-refractivity contribution >= 4 is 5.78 Å². The highest BCUT2D eigenvalue weighted by Gasteiger charge is 2.31. The van der Waals surface area contributed by atoms with Crippen LogP contribution in [0.25, 0.3) is 0 Å². The minimum atomic E-state index is -0.543. The molecule has 0 bridgehead atoms. The van der Waals surface area contributed by atoms with Crippen molar-refractivity contribution in [2.45, 2.75) is 71.7 Å². The van der Waals surface area contributed by atoms with Gasteiger partial charge in [-0.2, -0.15) is 0 Å². The Balaban J connectivity index is 2.46. The molecule has 0 N–H and O–H groups in total. The fourth-order valence-electron chi connectivity index (χ4n) is 2.19. The maximum Gasteiger partial charge on any atom is 0.163 e. The third kappa shape index (κ3) is 6.49. The van der Waals surface area contributed by atoms with Gasteiger partial charge in [-0.1, -0.05) is 31.9 Å². The molecular formula is C17H28O3. The van der Waals surface area contributed by atoms with Crippen molar-refractivity contribution in [3.05, 3.63) is 23.8 Å². The summed E-state index contributed by atoms with van der Waals surface area (Å²) in [4.78, 5) is 11.7. The zero-order chi connectivity index (χ0) is 15.0. The number of unbranched alkanes of at least 4 members (excludes halogenated alkanes) is 3. The Hall–Kier alpha value is -0.930. The summed E-state index contributed by atoms with van der Waals surface area (Å²) in [5, 5.41) is 0. The molecule has 0 aromatic rings. The fraction of sp³-hybridized carbons (Fsp3) is 0.706. The normalized spacial score (nSPS) is 22.6. The van der Waals surface area contributed by atoms with Gasteiger partial charge < -0.3 is 9.47 Å². The molecule has 1 aliphatic rings. The first kappa shape index (κ1) is 17.1. The van der Waals surface area contributed by atoms with Crippen molar-refractivity contribution in [3.8, 4) is 0 Å². The molecule has 20 heavy (non-hydrogen) atoms. The number of Topliss-reactive ketones (excluding diaryl/α,β-unsaturated/α-hetero) is 1. The van der Waals surface area contributed by atoms with Crippen LogP contribution in [-0.2, 0) is 14.3 Å². The van der Waals surface area contributed by atoms with Crippen LogP contribution in [-0.4, -0.2) is 24.3 Å². The lowest BCUT2D eigenvalue weighted by atomic mass is 10.1. The van der Waals surface area contributed by atoms with E-state index < -0.39 is 5.79 Å². The average molecular weight is 280 g/mol. The van der Waals surface area contributed by atoms with E-state index in [9.17, 15) is 4.79 Å². The van der Waals surface area contributed by atoms with E-state index in [1.54, 1.807) is 6.92 Å². The largest absolute Gasteiger partial charge is 0.347 e. The third-order valence-electron chi connectivity index (χ3n) is 3.35. The first-order chi connectivity index (χ1) is 9.44. The fourth-order valence-corrected chi connectivity index (χ4v) is 2.19. The van der Waals surface area contributed by atoms with Crippen LogP contribution >= 0.6 is 0 Å². The van der Waals surface area contributed by atoms with E-state index in [4.69, 9.17) is 9.47 Å². The molecule has 0 aromatic carbocycles. The number of ether oxygens (including phenoxy) is 2. The van der Waals surface area contributed by atoms with Crippen LogP contribution in [0.2, 0.25) is 0 Å². The van der Waals surface area contributed by atoms with E-state index in [0.717, 1.165) is 12.0 Å². The standard InChI is InChI=1S/C17H28O3/c1-5-6-7-8-9-10-11-15(14(2)18)12-16-13-19-17(3,4)20-16/h9-10,12,16H,5-8,11,13H2,1-4H3/b10-9-,15-12-/t16-/m0/s1. The van der Waals surface area contributed by atoms with Gasteiger partial charge in [0.15, 0.2) is 11.6 Å². The Morgan fingerprint density at radius 1 is 1.30 bits per heavy atom. The lowest BCUT2D eigenvalue weighted by Crippen LogP contribution is -2.21.